The van der Waals surface area contributed by atoms with E-state index in [9.17, 15) is 4.79 Å². The smallest absolute Gasteiger partial charge is 0.224 e. The molecular weight excluding hydrogens is 228 g/mol. The Balaban J connectivity index is 2.01. The van der Waals surface area contributed by atoms with Crippen molar-refractivity contribution in [3.8, 4) is 5.75 Å². The number of carbonyl (C=O) groups is 1. The lowest BCUT2D eigenvalue weighted by Crippen LogP contribution is -2.33. The third-order valence-electron chi connectivity index (χ3n) is 3.27. The Morgan fingerprint density at radius 3 is 2.89 bits per heavy atom. The number of hydrogen-bond donors (Lipinski definition) is 2. The Bertz CT molecular complexity index is 443. The van der Waals surface area contributed by atoms with Crippen molar-refractivity contribution in [3.05, 3.63) is 23.8 Å². The van der Waals surface area contributed by atoms with E-state index in [4.69, 9.17) is 10.5 Å². The molecule has 4 nitrogen and oxygen atoms in total. The summed E-state index contributed by atoms with van der Waals surface area (Å²) in [7, 11) is 0. The Kier molecular flexibility index (Phi) is 3.87. The van der Waals surface area contributed by atoms with Crippen molar-refractivity contribution in [2.24, 2.45) is 11.7 Å². The Labute approximate surface area is 108 Å². The normalized spacial score (nSPS) is 16.1. The molecule has 1 aliphatic rings. The van der Waals surface area contributed by atoms with Gasteiger partial charge in [-0.3, -0.25) is 4.79 Å². The van der Waals surface area contributed by atoms with Gasteiger partial charge in [0.15, 0.2) is 0 Å². The highest BCUT2D eigenvalue weighted by Gasteiger charge is 2.15. The molecule has 1 aliphatic heterocycles. The van der Waals surface area contributed by atoms with E-state index in [-0.39, 0.29) is 11.9 Å². The Hall–Kier alpha value is -1.55. The second kappa shape index (κ2) is 5.40. The zero-order chi connectivity index (χ0) is 13.1. The van der Waals surface area contributed by atoms with Gasteiger partial charge in [0.2, 0.25) is 5.91 Å². The molecule has 0 aromatic heterocycles. The summed E-state index contributed by atoms with van der Waals surface area (Å²) in [4.78, 5) is 11.2. The van der Waals surface area contributed by atoms with Gasteiger partial charge in [0.1, 0.15) is 12.4 Å². The minimum Gasteiger partial charge on any atom is -0.492 e. The molecule has 2 rings (SSSR count). The zero-order valence-electron chi connectivity index (χ0n) is 10.9. The lowest BCUT2D eigenvalue weighted by molar-refractivity contribution is -0.116. The molecule has 1 aromatic carbocycles. The minimum absolute atomic E-state index is 0.0423. The molecule has 4 heteroatoms. The molecule has 1 amide bonds. The number of nitrogens with one attached hydrogen (secondary N) is 1. The fourth-order valence-corrected chi connectivity index (χ4v) is 1.83. The molecule has 0 saturated carbocycles. The van der Waals surface area contributed by atoms with Crippen LogP contribution in [0.25, 0.3) is 0 Å². The fourth-order valence-electron chi connectivity index (χ4n) is 1.83. The number of anilines is 1. The number of rotatable bonds is 4. The number of carbonyl (C=O) groups excluding carboxylic acids is 1. The first-order chi connectivity index (χ1) is 8.56. The van der Waals surface area contributed by atoms with E-state index >= 15 is 0 Å². The van der Waals surface area contributed by atoms with E-state index < -0.39 is 0 Å². The van der Waals surface area contributed by atoms with Crippen LogP contribution < -0.4 is 15.8 Å². The van der Waals surface area contributed by atoms with Gasteiger partial charge in [-0.2, -0.15) is 0 Å². The number of aryl methyl sites for hydroxylation is 1. The molecule has 18 heavy (non-hydrogen) atoms. The van der Waals surface area contributed by atoms with Crippen LogP contribution in [0.5, 0.6) is 5.75 Å². The highest BCUT2D eigenvalue weighted by atomic mass is 16.5. The third kappa shape index (κ3) is 3.01. The fraction of sp³-hybridized carbons (Fsp3) is 0.500. The molecule has 0 bridgehead atoms. The maximum absolute atomic E-state index is 11.2. The lowest BCUT2D eigenvalue weighted by atomic mass is 10.0. The first kappa shape index (κ1) is 12.9. The summed E-state index contributed by atoms with van der Waals surface area (Å²) < 4.78 is 5.68. The number of fused-ring (bicyclic) bond motifs is 1. The van der Waals surface area contributed by atoms with Gasteiger partial charge in [-0.1, -0.05) is 13.8 Å². The van der Waals surface area contributed by atoms with Gasteiger partial charge in [0.05, 0.1) is 0 Å². The zero-order valence-corrected chi connectivity index (χ0v) is 10.9. The predicted octanol–water partition coefficient (Wildman–Crippen LogP) is 1.93. The molecule has 1 atom stereocenters. The second-order valence-corrected chi connectivity index (χ2v) is 5.09. The van der Waals surface area contributed by atoms with Crippen LogP contribution in [0.15, 0.2) is 18.2 Å². The molecule has 0 aliphatic carbocycles. The maximum Gasteiger partial charge on any atom is 0.224 e. The SMILES string of the molecule is CC(C)C(N)COc1ccc2c(c1)CCC(=O)N2. The molecule has 0 saturated heterocycles. The molecule has 1 unspecified atom stereocenters. The van der Waals surface area contributed by atoms with E-state index in [0.29, 0.717) is 18.9 Å². The van der Waals surface area contributed by atoms with Gasteiger partial charge in [0, 0.05) is 18.2 Å². The molecule has 0 spiro atoms. The number of amides is 1. The van der Waals surface area contributed by atoms with Gasteiger partial charge in [-0.25, -0.2) is 0 Å². The summed E-state index contributed by atoms with van der Waals surface area (Å²) in [5, 5.41) is 2.85. The number of ether oxygens (including phenoxy) is 1. The van der Waals surface area contributed by atoms with Crippen LogP contribution in [0, 0.1) is 5.92 Å². The van der Waals surface area contributed by atoms with Crippen LogP contribution >= 0.6 is 0 Å². The quantitative estimate of drug-likeness (QED) is 0.855. The average molecular weight is 248 g/mol. The largest absolute Gasteiger partial charge is 0.492 e. The summed E-state index contributed by atoms with van der Waals surface area (Å²) in [6.07, 6.45) is 1.32. The van der Waals surface area contributed by atoms with E-state index in [1.807, 2.05) is 18.2 Å². The standard InChI is InChI=1S/C14H20N2O2/c1-9(2)12(15)8-18-11-4-5-13-10(7-11)3-6-14(17)16-13/h4-5,7,9,12H,3,6,8,15H2,1-2H3,(H,16,17). The minimum atomic E-state index is 0.0423. The molecule has 98 valence electrons. The summed E-state index contributed by atoms with van der Waals surface area (Å²) in [5.41, 5.74) is 7.96. The highest BCUT2D eigenvalue weighted by Crippen LogP contribution is 2.26. The molecular formula is C14H20N2O2. The summed E-state index contributed by atoms with van der Waals surface area (Å²) in [5.74, 6) is 1.31. The number of benzene rings is 1. The van der Waals surface area contributed by atoms with Crippen LogP contribution in [0.2, 0.25) is 0 Å². The lowest BCUT2D eigenvalue weighted by Gasteiger charge is -2.19. The first-order valence-electron chi connectivity index (χ1n) is 6.37. The van der Waals surface area contributed by atoms with Gasteiger partial charge in [-0.05, 0) is 36.1 Å². The average Bonchev–Trinajstić information content (AvgIpc) is 2.35. The summed E-state index contributed by atoms with van der Waals surface area (Å²) >= 11 is 0. The van der Waals surface area contributed by atoms with Gasteiger partial charge in [-0.15, -0.1) is 0 Å². The van der Waals surface area contributed by atoms with Crippen LogP contribution in [0.4, 0.5) is 5.69 Å². The summed E-state index contributed by atoms with van der Waals surface area (Å²) in [6, 6.07) is 5.79. The van der Waals surface area contributed by atoms with E-state index in [1.54, 1.807) is 0 Å². The maximum atomic E-state index is 11.2. The van der Waals surface area contributed by atoms with E-state index in [0.717, 1.165) is 23.4 Å². The molecule has 3 N–H and O–H groups in total. The van der Waals surface area contributed by atoms with E-state index in [2.05, 4.69) is 19.2 Å². The van der Waals surface area contributed by atoms with Crippen LogP contribution in [-0.4, -0.2) is 18.6 Å². The monoisotopic (exact) mass is 248 g/mol. The van der Waals surface area contributed by atoms with Gasteiger partial charge >= 0.3 is 0 Å². The van der Waals surface area contributed by atoms with Crippen LogP contribution in [0.1, 0.15) is 25.8 Å². The third-order valence-corrected chi connectivity index (χ3v) is 3.27. The van der Waals surface area contributed by atoms with Crippen LogP contribution in [0.3, 0.4) is 0 Å². The number of hydrogen-bond acceptors (Lipinski definition) is 3. The number of nitrogens with two attached hydrogens (primary N) is 1. The van der Waals surface area contributed by atoms with Crippen molar-refractivity contribution < 1.29 is 9.53 Å². The first-order valence-corrected chi connectivity index (χ1v) is 6.37. The van der Waals surface area contributed by atoms with Crippen molar-refractivity contribution in [1.82, 2.24) is 0 Å². The Morgan fingerprint density at radius 1 is 1.39 bits per heavy atom. The van der Waals surface area contributed by atoms with Crippen molar-refractivity contribution in [2.75, 3.05) is 11.9 Å². The topological polar surface area (TPSA) is 64.3 Å². The predicted molar refractivity (Wildman–Crippen MR) is 71.7 cm³/mol. The Morgan fingerprint density at radius 2 is 2.17 bits per heavy atom. The molecule has 0 radical (unpaired) electrons. The van der Waals surface area contributed by atoms with Crippen LogP contribution in [-0.2, 0) is 11.2 Å². The molecule has 1 aromatic rings. The van der Waals surface area contributed by atoms with Crippen molar-refractivity contribution in [3.63, 3.8) is 0 Å². The van der Waals surface area contributed by atoms with Gasteiger partial charge in [0.25, 0.3) is 0 Å². The van der Waals surface area contributed by atoms with Crippen molar-refractivity contribution >= 4 is 11.6 Å². The second-order valence-electron chi connectivity index (χ2n) is 5.09. The molecule has 1 heterocycles. The van der Waals surface area contributed by atoms with Crippen molar-refractivity contribution in [2.45, 2.75) is 32.7 Å². The summed E-state index contributed by atoms with van der Waals surface area (Å²) in [6.45, 7) is 4.68. The van der Waals surface area contributed by atoms with Gasteiger partial charge < -0.3 is 15.8 Å². The highest BCUT2D eigenvalue weighted by molar-refractivity contribution is 5.93. The van der Waals surface area contributed by atoms with Crippen molar-refractivity contribution in [1.29, 1.82) is 0 Å². The molecule has 0 fully saturated rings. The van der Waals surface area contributed by atoms with E-state index in [1.165, 1.54) is 0 Å².